The molecule has 7 nitrogen and oxygen atoms in total. The van der Waals surface area contributed by atoms with Crippen LogP contribution in [0.5, 0.6) is 0 Å². The fraction of sp³-hybridized carbons (Fsp3) is 0.800. The summed E-state index contributed by atoms with van der Waals surface area (Å²) in [5, 5.41) is 4.23. The van der Waals surface area contributed by atoms with Gasteiger partial charge in [0.05, 0.1) is 7.11 Å². The van der Waals surface area contributed by atoms with E-state index in [1.54, 1.807) is 28.2 Å². The fourth-order valence-electron chi connectivity index (χ4n) is 1.10. The smallest absolute Gasteiger partial charge is 0.324 e. The Morgan fingerprint density at radius 3 is 2.16 bits per heavy atom. The molecule has 0 saturated heterocycles. The summed E-state index contributed by atoms with van der Waals surface area (Å²) in [5.41, 5.74) is 0. The monoisotopic (exact) mass is 501 g/mol. The van der Waals surface area contributed by atoms with Gasteiger partial charge in [-0.2, -0.15) is 5.06 Å². The van der Waals surface area contributed by atoms with Crippen LogP contribution in [0.25, 0.3) is 0 Å². The van der Waals surface area contributed by atoms with Crippen molar-refractivity contribution in [1.29, 1.82) is 0 Å². The zero-order valence-corrected chi connectivity index (χ0v) is 16.1. The third-order valence-corrected chi connectivity index (χ3v) is 2.16. The van der Waals surface area contributed by atoms with Gasteiger partial charge in [-0.25, -0.2) is 0 Å². The summed E-state index contributed by atoms with van der Waals surface area (Å²) in [7, 11) is 7.94. The lowest BCUT2D eigenvalue weighted by Gasteiger charge is -2.22. The van der Waals surface area contributed by atoms with Crippen molar-refractivity contribution in [3.8, 4) is 0 Å². The number of esters is 1. The number of nitrogens with zero attached hydrogens (tertiary/aromatic N) is 2. The van der Waals surface area contributed by atoms with Crippen LogP contribution in [0.1, 0.15) is 0 Å². The second-order valence-corrected chi connectivity index (χ2v) is 3.72. The number of ether oxygens (including phenoxy) is 1. The fourth-order valence-corrected chi connectivity index (χ4v) is 1.10. The second-order valence-electron chi connectivity index (χ2n) is 3.72. The predicted octanol–water partition coefficient (Wildman–Crippen LogP) is 0.470. The maximum atomic E-state index is 11.6. The molecule has 0 aliphatic carbocycles. The summed E-state index contributed by atoms with van der Waals surface area (Å²) in [5.74, 6) is -0.608. The molecule has 0 heterocycles. The summed E-state index contributed by atoms with van der Waals surface area (Å²) < 4.78 is 4.60. The van der Waals surface area contributed by atoms with Crippen LogP contribution >= 0.6 is 37.2 Å². The lowest BCUT2D eigenvalue weighted by molar-refractivity contribution is -0.159. The molecule has 9 heteroatoms. The predicted molar refractivity (Wildman–Crippen MR) is 90.2 cm³/mol. The number of rotatable bonds is 7. The van der Waals surface area contributed by atoms with Gasteiger partial charge in [0.25, 0.3) is 5.91 Å². The maximum Gasteiger partial charge on any atom is 0.324 e. The highest BCUT2D eigenvalue weighted by Crippen LogP contribution is 1.94. The molecule has 1 N–H and O–H groups in total. The van der Waals surface area contributed by atoms with Crippen molar-refractivity contribution in [2.24, 2.45) is 0 Å². The molecular formula is C10H21I2N3O4. The lowest BCUT2D eigenvalue weighted by Crippen LogP contribution is -2.46. The minimum Gasteiger partial charge on any atom is -0.468 e. The van der Waals surface area contributed by atoms with Gasteiger partial charge in [0.1, 0.15) is 12.6 Å². The van der Waals surface area contributed by atoms with E-state index in [0.29, 0.717) is 0 Å². The number of carbonyl (C=O) groups is 2. The van der Waals surface area contributed by atoms with Crippen LogP contribution < -0.4 is 5.32 Å². The highest BCUT2D eigenvalue weighted by Gasteiger charge is 2.21. The molecule has 0 fully saturated rings. The Bertz CT molecular complexity index is 267. The summed E-state index contributed by atoms with van der Waals surface area (Å²) in [6, 6.07) is -0.534. The summed E-state index contributed by atoms with van der Waals surface area (Å²) in [6.07, 6.45) is 0. The Kier molecular flexibility index (Phi) is 15.1. The van der Waals surface area contributed by atoms with E-state index >= 15 is 0 Å². The molecule has 0 aromatic rings. The van der Waals surface area contributed by atoms with Crippen molar-refractivity contribution < 1.29 is 19.2 Å². The number of hydrogen-bond donors (Lipinski definition) is 1. The van der Waals surface area contributed by atoms with Gasteiger partial charge in [0.2, 0.25) is 0 Å². The molecule has 1 atom stereocenters. The van der Waals surface area contributed by atoms with Gasteiger partial charge in [-0.3, -0.25) is 14.4 Å². The number of amides is 1. The summed E-state index contributed by atoms with van der Waals surface area (Å²) in [6.45, 7) is 0.180. The van der Waals surface area contributed by atoms with Gasteiger partial charge in [0, 0.05) is 64.9 Å². The molecule has 1 amide bonds. The molecule has 0 aromatic carbocycles. The number of hydroxylamine groups is 2. The zero-order chi connectivity index (χ0) is 15.4. The van der Waals surface area contributed by atoms with Gasteiger partial charge in [0.15, 0.2) is 0 Å². The highest BCUT2D eigenvalue weighted by atomic mass is 128. The third-order valence-electron chi connectivity index (χ3n) is 2.16. The number of methoxy groups -OCH3 is 1. The zero-order valence-electron chi connectivity index (χ0n) is 11.8. The molecule has 0 aromatic heterocycles. The van der Waals surface area contributed by atoms with Crippen molar-refractivity contribution in [2.75, 3.05) is 48.5 Å². The molecule has 0 rings (SSSR count). The summed E-state index contributed by atoms with van der Waals surface area (Å²) >= 11 is 4.24. The minimum absolute atomic E-state index is 0.0545. The molecule has 114 valence electrons. The Labute approximate surface area is 137 Å². The van der Waals surface area contributed by atoms with Gasteiger partial charge < -0.3 is 15.0 Å². The molecule has 0 spiro atoms. The first-order valence-corrected chi connectivity index (χ1v) is 11.6. The largest absolute Gasteiger partial charge is 0.468 e. The average Bonchev–Trinajstić information content (AvgIpc) is 2.42. The average molecular weight is 501 g/mol. The summed E-state index contributed by atoms with van der Waals surface area (Å²) in [4.78, 5) is 29.4. The maximum absolute atomic E-state index is 11.6. The van der Waals surface area contributed by atoms with Crippen LogP contribution in [0.2, 0.25) is 0 Å². The first-order chi connectivity index (χ1) is 8.92. The normalized spacial score (nSPS) is 11.4. The molecule has 0 aliphatic heterocycles. The number of halogens is 2. The van der Waals surface area contributed by atoms with E-state index in [4.69, 9.17) is 4.84 Å². The van der Waals surface area contributed by atoms with Crippen molar-refractivity contribution in [2.45, 2.75) is 6.04 Å². The minimum atomic E-state index is -0.534. The van der Waals surface area contributed by atoms with E-state index in [2.05, 4.69) is 47.3 Å². The van der Waals surface area contributed by atoms with E-state index in [9.17, 15) is 9.59 Å². The molecule has 0 saturated carbocycles. The lowest BCUT2D eigenvalue weighted by atomic mass is 10.3. The van der Waals surface area contributed by atoms with Crippen LogP contribution in [0, 0.1) is 0 Å². The van der Waals surface area contributed by atoms with Crippen molar-refractivity contribution in [1.82, 2.24) is 15.3 Å². The van der Waals surface area contributed by atoms with Crippen molar-refractivity contribution in [3.05, 3.63) is 0 Å². The van der Waals surface area contributed by atoms with Crippen LogP contribution in [0.15, 0.2) is 0 Å². The van der Waals surface area contributed by atoms with Gasteiger partial charge in [-0.15, -0.1) is 0 Å². The van der Waals surface area contributed by atoms with E-state index in [1.165, 1.54) is 17.1 Å². The molecule has 1 unspecified atom stereocenters. The van der Waals surface area contributed by atoms with Crippen LogP contribution in [-0.2, 0) is 19.2 Å². The van der Waals surface area contributed by atoms with E-state index in [-0.39, 0.29) is 19.1 Å². The van der Waals surface area contributed by atoms with Gasteiger partial charge >= 0.3 is 5.97 Å². The number of hydrogen-bond acceptors (Lipinski definition) is 6. The molecule has 0 radical (unpaired) electrons. The third kappa shape index (κ3) is 10.7. The highest BCUT2D eigenvalue weighted by molar-refractivity contribution is 15.0. The van der Waals surface area contributed by atoms with Crippen LogP contribution in [0.3, 0.4) is 0 Å². The van der Waals surface area contributed by atoms with Gasteiger partial charge in [-0.1, -0.05) is 0 Å². The standard InChI is InChI=1S/C10H21N3O4.I2/c1-11-8(10(15)16-5)6-13(4)9(14)7-17-12(2)3;1-2/h8,11H,6-7H2,1-5H3;. The topological polar surface area (TPSA) is 71.1 Å². The Morgan fingerprint density at radius 2 is 1.79 bits per heavy atom. The first kappa shape index (κ1) is 21.6. The van der Waals surface area contributed by atoms with Crippen LogP contribution in [0.4, 0.5) is 0 Å². The Hall–Kier alpha value is 0.280. The molecule has 0 aliphatic rings. The quantitative estimate of drug-likeness (QED) is 0.311. The number of nitrogens with one attached hydrogen (secondary N) is 1. The Morgan fingerprint density at radius 1 is 1.26 bits per heavy atom. The molecule has 0 bridgehead atoms. The van der Waals surface area contributed by atoms with E-state index in [1.807, 2.05) is 0 Å². The number of carbonyl (C=O) groups excluding carboxylic acids is 2. The molecule has 19 heavy (non-hydrogen) atoms. The van der Waals surface area contributed by atoms with Gasteiger partial charge in [-0.05, 0) is 7.05 Å². The number of likely N-dealkylation sites (N-methyl/N-ethyl adjacent to an activating group) is 2. The first-order valence-electron chi connectivity index (χ1n) is 5.36. The SMILES string of the molecule is CNC(CN(C)C(=O)CON(C)C)C(=O)OC.II. The van der Waals surface area contributed by atoms with Crippen LogP contribution in [-0.4, -0.2) is 76.3 Å². The Balaban J connectivity index is 0. The van der Waals surface area contributed by atoms with Crippen molar-refractivity contribution in [3.63, 3.8) is 0 Å². The molecular weight excluding hydrogens is 480 g/mol. The van der Waals surface area contributed by atoms with E-state index < -0.39 is 12.0 Å². The van der Waals surface area contributed by atoms with Crippen molar-refractivity contribution >= 4 is 49.1 Å². The second kappa shape index (κ2) is 13.3. The van der Waals surface area contributed by atoms with E-state index in [0.717, 1.165) is 0 Å².